The predicted octanol–water partition coefficient (Wildman–Crippen LogP) is 3.23. The molecule has 24 heavy (non-hydrogen) atoms. The van der Waals surface area contributed by atoms with Gasteiger partial charge >= 0.3 is 6.18 Å². The molecule has 0 spiro atoms. The van der Waals surface area contributed by atoms with Crippen molar-refractivity contribution in [2.45, 2.75) is 44.5 Å². The maximum absolute atomic E-state index is 13.0. The number of benzene rings is 1. The third-order valence-corrected chi connectivity index (χ3v) is 4.03. The quantitative estimate of drug-likeness (QED) is 0.890. The first-order valence-electron chi connectivity index (χ1n) is 7.68. The molecule has 1 aliphatic rings. The Morgan fingerprint density at radius 1 is 1.38 bits per heavy atom. The van der Waals surface area contributed by atoms with Crippen LogP contribution >= 0.6 is 12.4 Å². The second-order valence-corrected chi connectivity index (χ2v) is 5.67. The van der Waals surface area contributed by atoms with Crippen molar-refractivity contribution in [3.8, 4) is 5.75 Å². The van der Waals surface area contributed by atoms with Gasteiger partial charge in [-0.2, -0.15) is 13.2 Å². The monoisotopic (exact) mass is 366 g/mol. The van der Waals surface area contributed by atoms with Gasteiger partial charge in [-0.15, -0.1) is 12.4 Å². The van der Waals surface area contributed by atoms with E-state index in [9.17, 15) is 18.0 Å². The number of para-hydroxylation sites is 1. The Morgan fingerprint density at radius 3 is 2.67 bits per heavy atom. The molecule has 0 aliphatic carbocycles. The van der Waals surface area contributed by atoms with E-state index in [1.54, 1.807) is 4.90 Å². The van der Waals surface area contributed by atoms with Crippen LogP contribution in [-0.4, -0.2) is 36.0 Å². The third kappa shape index (κ3) is 4.77. The lowest BCUT2D eigenvalue weighted by molar-refractivity contribution is -0.145. The number of nitrogens with two attached hydrogens (primary N) is 1. The van der Waals surface area contributed by atoms with Crippen LogP contribution in [0.15, 0.2) is 24.3 Å². The van der Waals surface area contributed by atoms with Crippen molar-refractivity contribution in [1.29, 1.82) is 0 Å². The largest absolute Gasteiger partial charge is 0.480 e. The highest BCUT2D eigenvalue weighted by Gasteiger charge is 2.36. The molecule has 1 aromatic carbocycles. The summed E-state index contributed by atoms with van der Waals surface area (Å²) in [5.74, 6) is -0.653. The molecule has 8 heteroatoms. The van der Waals surface area contributed by atoms with Gasteiger partial charge in [0.05, 0.1) is 5.56 Å². The fourth-order valence-corrected chi connectivity index (χ4v) is 2.81. The minimum atomic E-state index is -4.52. The number of hydrogen-bond donors (Lipinski definition) is 1. The van der Waals surface area contributed by atoms with Gasteiger partial charge in [-0.05, 0) is 38.3 Å². The van der Waals surface area contributed by atoms with E-state index >= 15 is 0 Å². The zero-order chi connectivity index (χ0) is 17.0. The molecule has 1 aliphatic heterocycles. The first-order valence-corrected chi connectivity index (χ1v) is 7.68. The van der Waals surface area contributed by atoms with Crippen LogP contribution in [0, 0.1) is 0 Å². The fraction of sp³-hybridized carbons (Fsp3) is 0.562. The number of piperidine rings is 1. The van der Waals surface area contributed by atoms with E-state index in [0.29, 0.717) is 13.1 Å². The highest BCUT2D eigenvalue weighted by Crippen LogP contribution is 2.36. The zero-order valence-electron chi connectivity index (χ0n) is 13.4. The lowest BCUT2D eigenvalue weighted by Gasteiger charge is -2.36. The molecule has 2 atom stereocenters. The molecular formula is C16H22ClF3N2O2. The van der Waals surface area contributed by atoms with Gasteiger partial charge in [0.15, 0.2) is 6.10 Å². The number of halogens is 4. The first kappa shape index (κ1) is 20.6. The Bertz CT molecular complexity index is 554. The lowest BCUT2D eigenvalue weighted by Crippen LogP contribution is -2.51. The molecule has 1 amide bonds. The number of likely N-dealkylation sites (tertiary alicyclic amines) is 1. The van der Waals surface area contributed by atoms with Crippen LogP contribution in [0.1, 0.15) is 31.7 Å². The average molecular weight is 367 g/mol. The van der Waals surface area contributed by atoms with Crippen molar-refractivity contribution in [2.75, 3.05) is 13.1 Å². The van der Waals surface area contributed by atoms with Crippen molar-refractivity contribution in [2.24, 2.45) is 5.73 Å². The number of alkyl halides is 3. The van der Waals surface area contributed by atoms with Crippen molar-refractivity contribution in [1.82, 2.24) is 4.90 Å². The number of nitrogens with zero attached hydrogens (tertiary/aromatic N) is 1. The van der Waals surface area contributed by atoms with Crippen molar-refractivity contribution < 1.29 is 22.7 Å². The van der Waals surface area contributed by atoms with E-state index in [0.717, 1.165) is 25.3 Å². The zero-order valence-corrected chi connectivity index (χ0v) is 14.2. The molecule has 0 bridgehead atoms. The van der Waals surface area contributed by atoms with Gasteiger partial charge in [0.1, 0.15) is 5.75 Å². The topological polar surface area (TPSA) is 55.6 Å². The summed E-state index contributed by atoms with van der Waals surface area (Å²) in [6.45, 7) is 2.38. The second-order valence-electron chi connectivity index (χ2n) is 5.67. The molecule has 136 valence electrons. The molecule has 1 aromatic rings. The van der Waals surface area contributed by atoms with E-state index in [2.05, 4.69) is 0 Å². The number of rotatable bonds is 4. The number of amides is 1. The van der Waals surface area contributed by atoms with E-state index in [1.165, 1.54) is 25.1 Å². The van der Waals surface area contributed by atoms with Crippen LogP contribution in [0.2, 0.25) is 0 Å². The Hall–Kier alpha value is -1.47. The van der Waals surface area contributed by atoms with Crippen molar-refractivity contribution in [3.05, 3.63) is 29.8 Å². The summed E-state index contributed by atoms with van der Waals surface area (Å²) in [7, 11) is 0. The van der Waals surface area contributed by atoms with Gasteiger partial charge in [0, 0.05) is 19.1 Å². The van der Waals surface area contributed by atoms with Gasteiger partial charge in [-0.3, -0.25) is 4.79 Å². The summed E-state index contributed by atoms with van der Waals surface area (Å²) < 4.78 is 44.3. The van der Waals surface area contributed by atoms with Gasteiger partial charge in [-0.1, -0.05) is 12.1 Å². The number of hydrogen-bond acceptors (Lipinski definition) is 3. The predicted molar refractivity (Wildman–Crippen MR) is 87.2 cm³/mol. The normalized spacial score (nSPS) is 19.4. The number of carbonyl (C=O) groups excluding carboxylic acids is 1. The highest BCUT2D eigenvalue weighted by molar-refractivity contribution is 5.85. The Kier molecular flexibility index (Phi) is 7.35. The van der Waals surface area contributed by atoms with E-state index in [4.69, 9.17) is 10.5 Å². The minimum Gasteiger partial charge on any atom is -0.480 e. The Morgan fingerprint density at radius 2 is 2.04 bits per heavy atom. The standard InChI is InChI=1S/C16H21F3N2O2.ClH/c1-11(15(22)21-9-5-4-6-12(21)10-20)23-14-8-3-2-7-13(14)16(17,18)19;/h2-3,7-8,11-12H,4-6,9-10,20H2,1H3;1H. The van der Waals surface area contributed by atoms with Crippen molar-refractivity contribution in [3.63, 3.8) is 0 Å². The van der Waals surface area contributed by atoms with Crippen LogP contribution in [0.25, 0.3) is 0 Å². The lowest BCUT2D eigenvalue weighted by atomic mass is 10.0. The summed E-state index contributed by atoms with van der Waals surface area (Å²) in [4.78, 5) is 14.1. The molecule has 2 rings (SSSR count). The summed E-state index contributed by atoms with van der Waals surface area (Å²) in [6.07, 6.45) is -2.84. The molecule has 0 saturated carbocycles. The summed E-state index contributed by atoms with van der Waals surface area (Å²) >= 11 is 0. The maximum Gasteiger partial charge on any atom is 0.419 e. The van der Waals surface area contributed by atoms with Gasteiger partial charge < -0.3 is 15.4 Å². The fourth-order valence-electron chi connectivity index (χ4n) is 2.81. The molecule has 0 radical (unpaired) electrons. The molecule has 2 unspecified atom stereocenters. The molecule has 1 fully saturated rings. The summed E-state index contributed by atoms with van der Waals surface area (Å²) in [6, 6.07) is 4.84. The smallest absolute Gasteiger partial charge is 0.419 e. The second kappa shape index (κ2) is 8.58. The van der Waals surface area contributed by atoms with E-state index in [-0.39, 0.29) is 30.1 Å². The average Bonchev–Trinajstić information content (AvgIpc) is 2.53. The van der Waals surface area contributed by atoms with Gasteiger partial charge in [-0.25, -0.2) is 0 Å². The molecule has 4 nitrogen and oxygen atoms in total. The Labute approximate surface area is 145 Å². The molecular weight excluding hydrogens is 345 g/mol. The van der Waals surface area contributed by atoms with E-state index in [1.807, 2.05) is 0 Å². The van der Waals surface area contributed by atoms with E-state index < -0.39 is 17.8 Å². The van der Waals surface area contributed by atoms with Gasteiger partial charge in [0.2, 0.25) is 0 Å². The summed E-state index contributed by atoms with van der Waals surface area (Å²) in [5.41, 5.74) is 4.80. The maximum atomic E-state index is 13.0. The molecule has 0 aromatic heterocycles. The van der Waals surface area contributed by atoms with Gasteiger partial charge in [0.25, 0.3) is 5.91 Å². The Balaban J connectivity index is 0.00000288. The first-order chi connectivity index (χ1) is 10.8. The van der Waals surface area contributed by atoms with Crippen LogP contribution < -0.4 is 10.5 Å². The third-order valence-electron chi connectivity index (χ3n) is 4.03. The van der Waals surface area contributed by atoms with Crippen molar-refractivity contribution >= 4 is 18.3 Å². The SMILES string of the molecule is CC(Oc1ccccc1C(F)(F)F)C(=O)N1CCCCC1CN.Cl. The number of ether oxygens (including phenoxy) is 1. The summed E-state index contributed by atoms with van der Waals surface area (Å²) in [5, 5.41) is 0. The number of carbonyl (C=O) groups is 1. The van der Waals surface area contributed by atoms with Crippen LogP contribution in [0.3, 0.4) is 0 Å². The van der Waals surface area contributed by atoms with Crippen LogP contribution in [0.4, 0.5) is 13.2 Å². The van der Waals surface area contributed by atoms with Crippen LogP contribution in [0.5, 0.6) is 5.75 Å². The molecule has 1 heterocycles. The minimum absolute atomic E-state index is 0. The molecule has 2 N–H and O–H groups in total. The van der Waals surface area contributed by atoms with Crippen LogP contribution in [-0.2, 0) is 11.0 Å². The molecule has 1 saturated heterocycles. The highest BCUT2D eigenvalue weighted by atomic mass is 35.5.